The molecule has 10 rings (SSSR count). The van der Waals surface area contributed by atoms with E-state index in [9.17, 15) is 0 Å². The maximum Gasteiger partial charge on any atom is 0.156 e. The number of nitrogens with two attached hydrogens (primary N) is 1. The second-order valence-corrected chi connectivity index (χ2v) is 19.4. The number of benzene rings is 7. The van der Waals surface area contributed by atoms with Gasteiger partial charge in [0, 0.05) is 61.1 Å². The first-order chi connectivity index (χ1) is 34.5. The lowest BCUT2D eigenvalue weighted by molar-refractivity contribution is 0.493. The lowest BCUT2D eigenvalue weighted by Gasteiger charge is -2.27. The number of aliphatic imine (C=N–C) groups is 2. The maximum absolute atomic E-state index is 6.37. The van der Waals surface area contributed by atoms with Gasteiger partial charge < -0.3 is 14.9 Å². The highest BCUT2D eigenvalue weighted by molar-refractivity contribution is 6.13. The molecule has 2 N–H and O–H groups in total. The van der Waals surface area contributed by atoms with Crippen molar-refractivity contribution in [3.63, 3.8) is 0 Å². The van der Waals surface area contributed by atoms with Gasteiger partial charge in [0.1, 0.15) is 6.04 Å². The van der Waals surface area contributed by atoms with Crippen LogP contribution in [0, 0.1) is 12.3 Å². The van der Waals surface area contributed by atoms with Crippen LogP contribution in [0.15, 0.2) is 216 Å². The quantitative estimate of drug-likeness (QED) is 0.0564. The fraction of sp³-hybridized carbons (Fsp3) is 0.182. The van der Waals surface area contributed by atoms with E-state index in [2.05, 4.69) is 198 Å². The number of rotatable bonds is 12. The van der Waals surface area contributed by atoms with E-state index < -0.39 is 11.6 Å². The van der Waals surface area contributed by atoms with E-state index in [1.54, 1.807) is 0 Å². The first-order valence-electron chi connectivity index (χ1n) is 25.0. The Bertz CT molecular complexity index is 3650. The number of amidine groups is 1. The van der Waals surface area contributed by atoms with Gasteiger partial charge in [-0.1, -0.05) is 165 Å². The summed E-state index contributed by atoms with van der Waals surface area (Å²) in [5.41, 5.74) is 22.5. The monoisotopic (exact) mass is 923 g/mol. The van der Waals surface area contributed by atoms with E-state index >= 15 is 0 Å². The Hall–Kier alpha value is -8.04. The van der Waals surface area contributed by atoms with Crippen LogP contribution in [0.4, 0.5) is 0 Å². The molecule has 1 aliphatic carbocycles. The largest absolute Gasteiger partial charge is 0.337 e. The van der Waals surface area contributed by atoms with Gasteiger partial charge in [-0.15, -0.1) is 6.42 Å². The van der Waals surface area contributed by atoms with Crippen LogP contribution in [-0.4, -0.2) is 32.3 Å². The van der Waals surface area contributed by atoms with Crippen molar-refractivity contribution in [2.75, 3.05) is 0 Å². The van der Waals surface area contributed by atoms with E-state index in [0.29, 0.717) is 5.84 Å². The fourth-order valence-electron chi connectivity index (χ4n) is 10.3. The molecule has 2 atom stereocenters. The highest BCUT2D eigenvalue weighted by Gasteiger charge is 2.24. The molecule has 9 aromatic rings. The number of fused-ring (bicyclic) bond motifs is 6. The summed E-state index contributed by atoms with van der Waals surface area (Å²) < 4.78 is 5.02. The van der Waals surface area contributed by atoms with E-state index in [4.69, 9.17) is 22.1 Å². The normalized spacial score (nSPS) is 15.5. The molecule has 1 aliphatic rings. The molecule has 5 nitrogen and oxygen atoms in total. The summed E-state index contributed by atoms with van der Waals surface area (Å²) in [5, 5.41) is 5.07. The number of terminal acetylenes is 1. The van der Waals surface area contributed by atoms with Gasteiger partial charge in [-0.3, -0.25) is 0 Å². The van der Waals surface area contributed by atoms with Crippen molar-refractivity contribution in [2.45, 2.75) is 77.9 Å². The topological polar surface area (TPSA) is 60.6 Å². The Labute approximate surface area is 418 Å². The Morgan fingerprint density at radius 2 is 1.37 bits per heavy atom. The molecule has 0 bridgehead atoms. The number of aromatic nitrogens is 2. The predicted molar refractivity (Wildman–Crippen MR) is 304 cm³/mol. The van der Waals surface area contributed by atoms with Crippen LogP contribution in [0.2, 0.25) is 0 Å². The number of hydrogen-bond donors (Lipinski definition) is 1. The molecule has 0 radical (unpaired) electrons. The van der Waals surface area contributed by atoms with E-state index in [0.717, 1.165) is 64.9 Å². The molecule has 350 valence electrons. The number of para-hydroxylation sites is 3. The number of nitrogens with zero attached hydrogens (tertiary/aromatic N) is 4. The van der Waals surface area contributed by atoms with Crippen LogP contribution >= 0.6 is 0 Å². The lowest BCUT2D eigenvalue weighted by Crippen LogP contribution is -2.33. The summed E-state index contributed by atoms with van der Waals surface area (Å²) >= 11 is 0. The molecule has 2 heterocycles. The van der Waals surface area contributed by atoms with Crippen LogP contribution < -0.4 is 5.73 Å². The molecular weight excluding hydrogens is 863 g/mol. The number of hydrogen-bond acceptors (Lipinski definition) is 2. The van der Waals surface area contributed by atoms with Crippen LogP contribution in [0.3, 0.4) is 0 Å². The van der Waals surface area contributed by atoms with Gasteiger partial charge in [0.05, 0.1) is 11.0 Å². The SMILES string of the molecule is C#CC(/N=C(\N=C(/C)c1ccc(CC)cc1)c1cccc(C2=CCCC(n3c4ccccc4c4ccc(-c5cccc(-n6c7ccccc7c7ccccc76)c5)cc43)C2)c1)C(/C=C\C(=C)C(C)(C)N)=C/C. The highest BCUT2D eigenvalue weighted by atomic mass is 15.0. The average molecular weight is 924 g/mol. The summed E-state index contributed by atoms with van der Waals surface area (Å²) in [6.07, 6.45) is 18.5. The Balaban J connectivity index is 1.01. The van der Waals surface area contributed by atoms with Crippen molar-refractivity contribution >= 4 is 60.7 Å². The van der Waals surface area contributed by atoms with Gasteiger partial charge in [-0.25, -0.2) is 9.98 Å². The molecule has 0 saturated heterocycles. The molecule has 0 fully saturated rings. The van der Waals surface area contributed by atoms with Crippen molar-refractivity contribution in [2.24, 2.45) is 15.7 Å². The standard InChI is InChI=1S/C66H61N5/c1-8-46-33-36-48(37-34-46)45(5)68-65(69-60(10-3)47(9-2)35-32-44(4)66(6,7)67)53-23-17-20-49(40-53)50-21-18-25-55(41-50)71-63-31-16-13-28-58(63)59-39-38-52(43-64(59)71)51-22-19-24-54(42-51)70-61-29-14-11-26-56(61)57-27-12-15-30-62(57)70/h3,9,11-17,19-24,26-40,42-43,55,60H,4,8,18,25,41,67H2,1-2,5-7H3/b35-32-,47-9+,68-45+,69-65-. The summed E-state index contributed by atoms with van der Waals surface area (Å²) in [6.45, 7) is 14.3. The maximum atomic E-state index is 6.37. The molecule has 0 amide bonds. The molecular formula is C66H61N5. The molecule has 5 heteroatoms. The summed E-state index contributed by atoms with van der Waals surface area (Å²) in [5.74, 6) is 3.54. The zero-order valence-electron chi connectivity index (χ0n) is 41.5. The van der Waals surface area contributed by atoms with Gasteiger partial charge in [-0.2, -0.15) is 0 Å². The van der Waals surface area contributed by atoms with Crippen molar-refractivity contribution in [3.8, 4) is 29.2 Å². The lowest BCUT2D eigenvalue weighted by atomic mass is 9.89. The third-order valence-electron chi connectivity index (χ3n) is 14.3. The van der Waals surface area contributed by atoms with Gasteiger partial charge in [0.15, 0.2) is 5.84 Å². The molecule has 2 aromatic heterocycles. The minimum absolute atomic E-state index is 0.239. The van der Waals surface area contributed by atoms with E-state index in [1.807, 2.05) is 45.9 Å². The van der Waals surface area contributed by atoms with Crippen molar-refractivity contribution in [1.82, 2.24) is 9.13 Å². The molecule has 2 unspecified atom stereocenters. The Kier molecular flexibility index (Phi) is 13.0. The Morgan fingerprint density at radius 1 is 0.732 bits per heavy atom. The fourth-order valence-corrected chi connectivity index (χ4v) is 10.3. The molecule has 0 aliphatic heterocycles. The van der Waals surface area contributed by atoms with Gasteiger partial charge >= 0.3 is 0 Å². The average Bonchev–Trinajstić information content (AvgIpc) is 3.92. The van der Waals surface area contributed by atoms with Gasteiger partial charge in [0.2, 0.25) is 0 Å². The number of aryl methyl sites for hydroxylation is 1. The van der Waals surface area contributed by atoms with Crippen LogP contribution in [-0.2, 0) is 6.42 Å². The van der Waals surface area contributed by atoms with Crippen molar-refractivity contribution in [1.29, 1.82) is 0 Å². The van der Waals surface area contributed by atoms with Crippen molar-refractivity contribution < 1.29 is 0 Å². The van der Waals surface area contributed by atoms with Crippen LogP contribution in [0.5, 0.6) is 0 Å². The zero-order chi connectivity index (χ0) is 49.2. The van der Waals surface area contributed by atoms with E-state index in [1.165, 1.54) is 65.9 Å². The minimum Gasteiger partial charge on any atom is -0.337 e. The third kappa shape index (κ3) is 9.28. The zero-order valence-corrected chi connectivity index (χ0v) is 41.5. The Morgan fingerprint density at radius 3 is 2.04 bits per heavy atom. The molecule has 0 spiro atoms. The highest BCUT2D eigenvalue weighted by Crippen LogP contribution is 2.42. The van der Waals surface area contributed by atoms with Crippen molar-refractivity contribution in [3.05, 3.63) is 228 Å². The third-order valence-corrected chi connectivity index (χ3v) is 14.3. The molecule has 71 heavy (non-hydrogen) atoms. The first kappa shape index (κ1) is 46.7. The van der Waals surface area contributed by atoms with Crippen LogP contribution in [0.1, 0.15) is 82.2 Å². The predicted octanol–water partition coefficient (Wildman–Crippen LogP) is 16.0. The summed E-state index contributed by atoms with van der Waals surface area (Å²) in [4.78, 5) is 10.5. The summed E-state index contributed by atoms with van der Waals surface area (Å²) in [7, 11) is 0. The summed E-state index contributed by atoms with van der Waals surface area (Å²) in [6, 6.07) is 59.3. The molecule has 0 saturated carbocycles. The second-order valence-electron chi connectivity index (χ2n) is 19.4. The first-order valence-corrected chi connectivity index (χ1v) is 25.0. The minimum atomic E-state index is -0.586. The smallest absolute Gasteiger partial charge is 0.156 e. The number of allylic oxidation sites excluding steroid dienone is 3. The van der Waals surface area contributed by atoms with E-state index in [-0.39, 0.29) is 6.04 Å². The van der Waals surface area contributed by atoms with Gasteiger partial charge in [-0.05, 0) is 140 Å². The van der Waals surface area contributed by atoms with Crippen LogP contribution in [0.25, 0.3) is 66.0 Å². The second kappa shape index (κ2) is 19.8. The van der Waals surface area contributed by atoms with Gasteiger partial charge in [0.25, 0.3) is 0 Å². The molecule has 7 aromatic carbocycles.